The van der Waals surface area contributed by atoms with E-state index in [1.165, 1.54) is 0 Å². The van der Waals surface area contributed by atoms with Crippen molar-refractivity contribution in [1.29, 1.82) is 0 Å². The molecule has 0 bridgehead atoms. The van der Waals surface area contributed by atoms with Crippen molar-refractivity contribution in [2.24, 2.45) is 5.73 Å². The summed E-state index contributed by atoms with van der Waals surface area (Å²) in [5.41, 5.74) is 4.25. The molecule has 12 heavy (non-hydrogen) atoms. The fraction of sp³-hybridized carbons (Fsp3) is 0.833. The number of carbonyl (C=O) groups is 1. The Morgan fingerprint density at radius 2 is 2.17 bits per heavy atom. The molecular weight excluding hydrogens is 161 g/mol. The highest BCUT2D eigenvalue weighted by Crippen LogP contribution is 2.37. The van der Waals surface area contributed by atoms with Crippen LogP contribution in [0, 0.1) is 0 Å². The third-order valence-corrected chi connectivity index (χ3v) is 2.44. The van der Waals surface area contributed by atoms with E-state index in [4.69, 9.17) is 20.9 Å². The Kier molecular flexibility index (Phi) is 2.41. The zero-order chi connectivity index (χ0) is 9.35. The lowest BCUT2D eigenvalue weighted by molar-refractivity contribution is -0.143. The second-order valence-electron chi connectivity index (χ2n) is 3.38. The third kappa shape index (κ3) is 1.60. The van der Waals surface area contributed by atoms with Crippen molar-refractivity contribution in [2.45, 2.75) is 30.6 Å². The van der Waals surface area contributed by atoms with Crippen LogP contribution in [0.1, 0.15) is 19.3 Å². The summed E-state index contributed by atoms with van der Waals surface area (Å²) in [7, 11) is -1.45. The highest BCUT2D eigenvalue weighted by molar-refractivity contribution is 6.43. The maximum Gasteiger partial charge on any atom is 0.454 e. The van der Waals surface area contributed by atoms with Gasteiger partial charge in [-0.1, -0.05) is 0 Å². The molecule has 0 aromatic heterocycles. The maximum atomic E-state index is 10.6. The van der Waals surface area contributed by atoms with Crippen LogP contribution in [0.25, 0.3) is 0 Å². The van der Waals surface area contributed by atoms with E-state index in [1.807, 2.05) is 0 Å². The van der Waals surface area contributed by atoms with Crippen LogP contribution in [-0.4, -0.2) is 33.8 Å². The lowest BCUT2D eigenvalue weighted by Crippen LogP contribution is -2.45. The summed E-state index contributed by atoms with van der Waals surface area (Å²) in [6.07, 6.45) is 0.908. The van der Waals surface area contributed by atoms with Crippen LogP contribution in [0.15, 0.2) is 0 Å². The minimum absolute atomic E-state index is 0.139. The minimum atomic E-state index is -1.45. The van der Waals surface area contributed by atoms with Gasteiger partial charge in [0.2, 0.25) is 0 Å². The van der Waals surface area contributed by atoms with E-state index >= 15 is 0 Å². The first-order valence-electron chi connectivity index (χ1n) is 3.84. The van der Waals surface area contributed by atoms with E-state index in [-0.39, 0.29) is 6.42 Å². The predicted molar refractivity (Wildman–Crippen MR) is 42.3 cm³/mol. The van der Waals surface area contributed by atoms with E-state index in [2.05, 4.69) is 0 Å². The molecule has 68 valence electrons. The average molecular weight is 173 g/mol. The third-order valence-electron chi connectivity index (χ3n) is 2.44. The molecule has 0 aliphatic heterocycles. The fourth-order valence-electron chi connectivity index (χ4n) is 1.56. The maximum absolute atomic E-state index is 10.6. The van der Waals surface area contributed by atoms with Gasteiger partial charge in [-0.15, -0.1) is 0 Å². The second-order valence-corrected chi connectivity index (χ2v) is 3.38. The molecule has 0 aromatic carbocycles. The van der Waals surface area contributed by atoms with Gasteiger partial charge in [-0.3, -0.25) is 4.79 Å². The first kappa shape index (κ1) is 9.50. The number of hydrogen-bond donors (Lipinski definition) is 4. The van der Waals surface area contributed by atoms with Crippen molar-refractivity contribution in [1.82, 2.24) is 0 Å². The summed E-state index contributed by atoms with van der Waals surface area (Å²) in [5.74, 6) is -1.46. The molecule has 1 fully saturated rings. The Bertz CT molecular complexity index is 198. The van der Waals surface area contributed by atoms with E-state index in [9.17, 15) is 4.79 Å². The first-order valence-corrected chi connectivity index (χ1v) is 3.84. The largest absolute Gasteiger partial charge is 0.480 e. The van der Waals surface area contributed by atoms with Crippen molar-refractivity contribution in [2.75, 3.05) is 0 Å². The zero-order valence-electron chi connectivity index (χ0n) is 6.60. The van der Waals surface area contributed by atoms with Gasteiger partial charge in [-0.05, 0) is 25.1 Å². The Labute approximate surface area is 70.3 Å². The monoisotopic (exact) mass is 173 g/mol. The summed E-state index contributed by atoms with van der Waals surface area (Å²) < 4.78 is 0. The summed E-state index contributed by atoms with van der Waals surface area (Å²) in [5, 5.41) is 26.2. The molecule has 0 aromatic rings. The Morgan fingerprint density at radius 1 is 1.58 bits per heavy atom. The molecule has 1 rings (SSSR count). The number of carboxylic acids is 1. The number of aliphatic carboxylic acids is 1. The molecule has 1 aliphatic rings. The second kappa shape index (κ2) is 3.04. The van der Waals surface area contributed by atoms with Crippen molar-refractivity contribution in [3.05, 3.63) is 0 Å². The van der Waals surface area contributed by atoms with Gasteiger partial charge < -0.3 is 20.9 Å². The Morgan fingerprint density at radius 3 is 2.42 bits per heavy atom. The molecule has 2 atom stereocenters. The highest BCUT2D eigenvalue weighted by atomic mass is 16.4. The lowest BCUT2D eigenvalue weighted by Gasteiger charge is -2.17. The molecule has 5 N–H and O–H groups in total. The van der Waals surface area contributed by atoms with E-state index in [1.54, 1.807) is 0 Å². The quantitative estimate of drug-likeness (QED) is 0.392. The number of hydrogen-bond acceptors (Lipinski definition) is 4. The summed E-state index contributed by atoms with van der Waals surface area (Å²) in [4.78, 5) is 10.6. The van der Waals surface area contributed by atoms with Crippen LogP contribution in [-0.2, 0) is 4.79 Å². The number of nitrogens with two attached hydrogens (primary N) is 1. The summed E-state index contributed by atoms with van der Waals surface area (Å²) in [6, 6.07) is 0. The molecule has 0 saturated heterocycles. The van der Waals surface area contributed by atoms with Gasteiger partial charge in [0.1, 0.15) is 5.54 Å². The predicted octanol–water partition coefficient (Wildman–Crippen LogP) is -1.20. The molecular formula is C6H12BNO4. The Hall–Kier alpha value is -0.585. The van der Waals surface area contributed by atoms with Gasteiger partial charge >= 0.3 is 13.1 Å². The summed E-state index contributed by atoms with van der Waals surface area (Å²) in [6.45, 7) is 0. The van der Waals surface area contributed by atoms with Crippen molar-refractivity contribution in [3.63, 3.8) is 0 Å². The van der Waals surface area contributed by atoms with Crippen molar-refractivity contribution >= 4 is 13.1 Å². The topological polar surface area (TPSA) is 104 Å². The van der Waals surface area contributed by atoms with Crippen molar-refractivity contribution < 1.29 is 19.9 Å². The molecule has 0 heterocycles. The van der Waals surface area contributed by atoms with Gasteiger partial charge in [-0.25, -0.2) is 0 Å². The molecule has 1 aliphatic carbocycles. The van der Waals surface area contributed by atoms with Gasteiger partial charge in [0.15, 0.2) is 0 Å². The molecule has 6 heteroatoms. The van der Waals surface area contributed by atoms with Gasteiger partial charge in [-0.2, -0.15) is 0 Å². The SMILES string of the molecule is N[C@@]1(C(=O)O)CC[C@H](B(O)O)C1. The number of carboxylic acid groups (broad SMARTS) is 1. The Balaban J connectivity index is 2.61. The normalized spacial score (nSPS) is 35.1. The standard InChI is InChI=1S/C6H12BNO4/c8-6(5(9)10)2-1-4(3-6)7(11)12/h4,11-12H,1-3,8H2,(H,9,10)/t4-,6-/m0/s1. The van der Waals surface area contributed by atoms with Crippen LogP contribution in [0.4, 0.5) is 0 Å². The molecule has 0 spiro atoms. The van der Waals surface area contributed by atoms with Gasteiger partial charge in [0, 0.05) is 0 Å². The fourth-order valence-corrected chi connectivity index (χ4v) is 1.56. The molecule has 1 saturated carbocycles. The van der Waals surface area contributed by atoms with Crippen LogP contribution in [0.3, 0.4) is 0 Å². The first-order chi connectivity index (χ1) is 5.46. The highest BCUT2D eigenvalue weighted by Gasteiger charge is 2.45. The van der Waals surface area contributed by atoms with Crippen LogP contribution < -0.4 is 5.73 Å². The van der Waals surface area contributed by atoms with Crippen LogP contribution in [0.5, 0.6) is 0 Å². The van der Waals surface area contributed by atoms with Crippen LogP contribution >= 0.6 is 0 Å². The van der Waals surface area contributed by atoms with E-state index < -0.39 is 24.4 Å². The lowest BCUT2D eigenvalue weighted by atomic mass is 9.71. The van der Waals surface area contributed by atoms with Gasteiger partial charge in [0.25, 0.3) is 0 Å². The molecule has 0 amide bonds. The van der Waals surface area contributed by atoms with E-state index in [0.717, 1.165) is 0 Å². The average Bonchev–Trinajstić information content (AvgIpc) is 2.33. The molecule has 5 nitrogen and oxygen atoms in total. The van der Waals surface area contributed by atoms with Crippen LogP contribution in [0.2, 0.25) is 5.82 Å². The molecule has 0 radical (unpaired) electrons. The number of rotatable bonds is 2. The molecule has 0 unspecified atom stereocenters. The zero-order valence-corrected chi connectivity index (χ0v) is 6.60. The van der Waals surface area contributed by atoms with Gasteiger partial charge in [0.05, 0.1) is 0 Å². The van der Waals surface area contributed by atoms with E-state index in [0.29, 0.717) is 12.8 Å². The van der Waals surface area contributed by atoms with Crippen molar-refractivity contribution in [3.8, 4) is 0 Å². The minimum Gasteiger partial charge on any atom is -0.480 e. The summed E-state index contributed by atoms with van der Waals surface area (Å²) >= 11 is 0. The smallest absolute Gasteiger partial charge is 0.454 e.